The highest BCUT2D eigenvalue weighted by Crippen LogP contribution is 2.59. The Hall–Kier alpha value is -1.44. The highest BCUT2D eigenvalue weighted by Gasteiger charge is 2.66. The Morgan fingerprint density at radius 3 is 2.71 bits per heavy atom. The van der Waals surface area contributed by atoms with Crippen LogP contribution in [0.3, 0.4) is 0 Å². The first-order valence-corrected chi connectivity index (χ1v) is 11.7. The minimum Gasteiger partial charge on any atom is -0.459 e. The summed E-state index contributed by atoms with van der Waals surface area (Å²) in [5, 5.41) is 9.48. The molecular formula is C24H36O7. The predicted molar refractivity (Wildman–Crippen MR) is 112 cm³/mol. The van der Waals surface area contributed by atoms with Crippen molar-refractivity contribution >= 4 is 11.9 Å². The van der Waals surface area contributed by atoms with Crippen LogP contribution in [-0.4, -0.2) is 46.7 Å². The van der Waals surface area contributed by atoms with E-state index in [2.05, 4.69) is 6.58 Å². The van der Waals surface area contributed by atoms with Crippen molar-refractivity contribution in [3.63, 3.8) is 0 Å². The van der Waals surface area contributed by atoms with Crippen LogP contribution in [0.5, 0.6) is 0 Å². The average molecular weight is 437 g/mol. The van der Waals surface area contributed by atoms with Crippen molar-refractivity contribution < 1.29 is 33.9 Å². The fraction of sp³-hybridized carbons (Fsp3) is 0.833. The van der Waals surface area contributed by atoms with Crippen LogP contribution in [-0.2, 0) is 28.7 Å². The second kappa shape index (κ2) is 8.16. The molecule has 0 unspecified atom stereocenters. The van der Waals surface area contributed by atoms with E-state index in [4.69, 9.17) is 19.1 Å². The van der Waals surface area contributed by atoms with Crippen molar-refractivity contribution in [2.45, 2.75) is 102 Å². The number of rotatable bonds is 4. The maximum Gasteiger partial charge on any atom is 0.309 e. The summed E-state index contributed by atoms with van der Waals surface area (Å²) >= 11 is 0. The van der Waals surface area contributed by atoms with Gasteiger partial charge in [0.1, 0.15) is 23.4 Å². The standard InChI is InChI=1S/C24H36O7/c1-6-7-18(25)29-23(4)10-8-15-14(3)22(26)30-24(5)11-9-16(31-27)13(2)12-17-20(23)19(15)21(24)28-17/h14-17,19-21,27H,2,6-12H2,1,3-5H3/t14-,15+,16-,17+,19+,20+,21+,23-,24+/m1/s1. The zero-order valence-corrected chi connectivity index (χ0v) is 19.1. The van der Waals surface area contributed by atoms with Crippen molar-refractivity contribution in [1.29, 1.82) is 0 Å². The Bertz CT molecular complexity index is 750. The summed E-state index contributed by atoms with van der Waals surface area (Å²) in [6, 6.07) is 0. The Labute approximate surface area is 184 Å². The topological polar surface area (TPSA) is 91.3 Å². The molecule has 7 heteroatoms. The van der Waals surface area contributed by atoms with E-state index in [1.807, 2.05) is 27.7 Å². The summed E-state index contributed by atoms with van der Waals surface area (Å²) in [5.74, 6) is -0.558. The van der Waals surface area contributed by atoms with Crippen molar-refractivity contribution in [2.75, 3.05) is 0 Å². The molecule has 4 aliphatic rings. The molecule has 1 aliphatic carbocycles. The maximum atomic E-state index is 13.0. The van der Waals surface area contributed by atoms with Gasteiger partial charge in [-0.3, -0.25) is 14.8 Å². The molecule has 174 valence electrons. The smallest absolute Gasteiger partial charge is 0.309 e. The van der Waals surface area contributed by atoms with Gasteiger partial charge >= 0.3 is 11.9 Å². The predicted octanol–water partition coefficient (Wildman–Crippen LogP) is 4.05. The van der Waals surface area contributed by atoms with Crippen LogP contribution in [0.4, 0.5) is 0 Å². The first-order valence-electron chi connectivity index (χ1n) is 11.7. The molecule has 31 heavy (non-hydrogen) atoms. The molecule has 4 rings (SSSR count). The third-order valence-corrected chi connectivity index (χ3v) is 8.36. The Balaban J connectivity index is 1.79. The minimum absolute atomic E-state index is 0.0454. The van der Waals surface area contributed by atoms with E-state index < -0.39 is 17.3 Å². The van der Waals surface area contributed by atoms with E-state index >= 15 is 0 Å². The van der Waals surface area contributed by atoms with E-state index in [-0.39, 0.29) is 47.8 Å². The fourth-order valence-corrected chi connectivity index (χ4v) is 6.73. The van der Waals surface area contributed by atoms with Crippen molar-refractivity contribution in [3.05, 3.63) is 12.2 Å². The molecule has 1 saturated carbocycles. The number of esters is 2. The summed E-state index contributed by atoms with van der Waals surface area (Å²) < 4.78 is 18.9. The number of hydrogen-bond donors (Lipinski definition) is 1. The molecule has 0 aromatic carbocycles. The average Bonchev–Trinajstić information content (AvgIpc) is 3.07. The first-order chi connectivity index (χ1) is 14.6. The SMILES string of the molecule is C=C1C[C@@H]2O[C@H]3[C@H]4[C@@H](CC[C@@](C)(OC(=O)CCC)[C@H]42)[C@@H](C)C(=O)O[C@@]3(C)CC[C@H]1OO. The Morgan fingerprint density at radius 1 is 1.29 bits per heavy atom. The molecule has 4 fully saturated rings. The van der Waals surface area contributed by atoms with Crippen LogP contribution in [0.25, 0.3) is 0 Å². The van der Waals surface area contributed by atoms with E-state index in [1.165, 1.54) is 0 Å². The Morgan fingerprint density at radius 2 is 2.03 bits per heavy atom. The third kappa shape index (κ3) is 3.72. The molecule has 3 heterocycles. The van der Waals surface area contributed by atoms with Gasteiger partial charge in [0, 0.05) is 18.3 Å². The zero-order chi connectivity index (χ0) is 22.6. The Kier molecular flexibility index (Phi) is 5.99. The molecule has 2 bridgehead atoms. The molecule has 0 amide bonds. The van der Waals surface area contributed by atoms with E-state index in [0.29, 0.717) is 32.1 Å². The number of carbonyl (C=O) groups excluding carboxylic acids is 2. The molecule has 0 aromatic heterocycles. The van der Waals surface area contributed by atoms with Crippen LogP contribution >= 0.6 is 0 Å². The molecular weight excluding hydrogens is 400 g/mol. The third-order valence-electron chi connectivity index (χ3n) is 8.36. The maximum absolute atomic E-state index is 13.0. The summed E-state index contributed by atoms with van der Waals surface area (Å²) in [7, 11) is 0. The quantitative estimate of drug-likeness (QED) is 0.308. The van der Waals surface area contributed by atoms with Gasteiger partial charge in [-0.05, 0) is 63.9 Å². The summed E-state index contributed by atoms with van der Waals surface area (Å²) in [6.45, 7) is 12.0. The van der Waals surface area contributed by atoms with Crippen molar-refractivity contribution in [3.8, 4) is 0 Å². The van der Waals surface area contributed by atoms with Gasteiger partial charge in [-0.15, -0.1) is 0 Å². The van der Waals surface area contributed by atoms with Gasteiger partial charge in [-0.1, -0.05) is 20.4 Å². The summed E-state index contributed by atoms with van der Waals surface area (Å²) in [6.07, 6.45) is 2.99. The largest absolute Gasteiger partial charge is 0.459 e. The number of fused-ring (bicyclic) bond motifs is 2. The molecule has 7 nitrogen and oxygen atoms in total. The van der Waals surface area contributed by atoms with Gasteiger partial charge in [0.15, 0.2) is 0 Å². The molecule has 0 radical (unpaired) electrons. The van der Waals surface area contributed by atoms with Gasteiger partial charge in [0.25, 0.3) is 0 Å². The highest BCUT2D eigenvalue weighted by atomic mass is 17.1. The second-order valence-electron chi connectivity index (χ2n) is 10.5. The lowest BCUT2D eigenvalue weighted by Gasteiger charge is -2.48. The van der Waals surface area contributed by atoms with Crippen LogP contribution in [0, 0.1) is 23.7 Å². The lowest BCUT2D eigenvalue weighted by atomic mass is 9.58. The van der Waals surface area contributed by atoms with Gasteiger partial charge in [-0.25, -0.2) is 4.89 Å². The lowest BCUT2D eigenvalue weighted by molar-refractivity contribution is -0.272. The number of carbonyl (C=O) groups is 2. The normalized spacial score (nSPS) is 46.9. The van der Waals surface area contributed by atoms with Crippen molar-refractivity contribution in [2.24, 2.45) is 23.7 Å². The number of ether oxygens (including phenoxy) is 3. The first kappa shape index (κ1) is 22.7. The minimum atomic E-state index is -0.842. The molecule has 0 spiro atoms. The molecule has 3 aliphatic heterocycles. The van der Waals surface area contributed by atoms with Crippen LogP contribution in [0.2, 0.25) is 0 Å². The van der Waals surface area contributed by atoms with E-state index in [9.17, 15) is 14.8 Å². The van der Waals surface area contributed by atoms with Crippen LogP contribution in [0.1, 0.15) is 72.6 Å². The van der Waals surface area contributed by atoms with Gasteiger partial charge in [-0.2, -0.15) is 0 Å². The second-order valence-corrected chi connectivity index (χ2v) is 10.5. The number of hydrogen-bond acceptors (Lipinski definition) is 7. The molecule has 9 atom stereocenters. The monoisotopic (exact) mass is 436 g/mol. The molecule has 0 aromatic rings. The highest BCUT2D eigenvalue weighted by molar-refractivity contribution is 5.73. The van der Waals surface area contributed by atoms with E-state index in [0.717, 1.165) is 18.4 Å². The molecule has 3 saturated heterocycles. The van der Waals surface area contributed by atoms with Gasteiger partial charge in [0.2, 0.25) is 0 Å². The zero-order valence-electron chi connectivity index (χ0n) is 19.1. The lowest BCUT2D eigenvalue weighted by Crippen LogP contribution is -2.55. The summed E-state index contributed by atoms with van der Waals surface area (Å²) in [5.41, 5.74) is -0.778. The fourth-order valence-electron chi connectivity index (χ4n) is 6.73. The van der Waals surface area contributed by atoms with Gasteiger partial charge in [0.05, 0.1) is 12.0 Å². The van der Waals surface area contributed by atoms with Crippen molar-refractivity contribution in [1.82, 2.24) is 0 Å². The van der Waals surface area contributed by atoms with Crippen LogP contribution < -0.4 is 0 Å². The van der Waals surface area contributed by atoms with E-state index in [1.54, 1.807) is 0 Å². The summed E-state index contributed by atoms with van der Waals surface area (Å²) in [4.78, 5) is 30.3. The van der Waals surface area contributed by atoms with Gasteiger partial charge < -0.3 is 14.2 Å². The molecule has 1 N–H and O–H groups in total. The van der Waals surface area contributed by atoms with Crippen LogP contribution in [0.15, 0.2) is 12.2 Å².